The molecule has 0 aromatic carbocycles. The third-order valence-corrected chi connectivity index (χ3v) is 6.67. The number of likely N-dealkylation sites (tertiary alicyclic amines) is 1. The zero-order valence-corrected chi connectivity index (χ0v) is 16.1. The first-order valence-electron chi connectivity index (χ1n) is 10.4. The molecule has 8 nitrogen and oxygen atoms in total. The van der Waals surface area contributed by atoms with E-state index in [9.17, 15) is 9.59 Å². The summed E-state index contributed by atoms with van der Waals surface area (Å²) >= 11 is 0. The van der Waals surface area contributed by atoms with Crippen LogP contribution in [0.3, 0.4) is 0 Å². The molecule has 0 radical (unpaired) electrons. The van der Waals surface area contributed by atoms with Gasteiger partial charge < -0.3 is 9.88 Å². The molecule has 1 spiro atoms. The highest BCUT2D eigenvalue weighted by molar-refractivity contribution is 5.93. The van der Waals surface area contributed by atoms with Gasteiger partial charge in [-0.2, -0.15) is 5.10 Å². The molecule has 3 aromatic heterocycles. The van der Waals surface area contributed by atoms with Gasteiger partial charge in [0.1, 0.15) is 5.82 Å². The average molecular weight is 390 g/mol. The fraction of sp³-hybridized carbons (Fsp3) is 0.476. The summed E-state index contributed by atoms with van der Waals surface area (Å²) in [5.41, 5.74) is 2.65. The molecule has 3 aromatic rings. The summed E-state index contributed by atoms with van der Waals surface area (Å²) in [5.74, 6) is 1.16. The van der Waals surface area contributed by atoms with Crippen molar-refractivity contribution >= 4 is 11.6 Å². The fourth-order valence-electron chi connectivity index (χ4n) is 5.02. The van der Waals surface area contributed by atoms with E-state index >= 15 is 0 Å². The quantitative estimate of drug-likeness (QED) is 0.720. The van der Waals surface area contributed by atoms with E-state index in [0.717, 1.165) is 55.6 Å². The zero-order valence-electron chi connectivity index (χ0n) is 16.1. The summed E-state index contributed by atoms with van der Waals surface area (Å²) < 4.78 is 1.63. The van der Waals surface area contributed by atoms with Crippen LogP contribution < -0.4 is 5.56 Å². The number of hydrogen-bond acceptors (Lipinski definition) is 5. The maximum atomic E-state index is 13.2. The second-order valence-electron chi connectivity index (χ2n) is 8.62. The van der Waals surface area contributed by atoms with Gasteiger partial charge in [0.25, 0.3) is 11.5 Å². The van der Waals surface area contributed by atoms with Crippen LogP contribution in [0.15, 0.2) is 29.3 Å². The van der Waals surface area contributed by atoms with E-state index in [4.69, 9.17) is 4.98 Å². The predicted molar refractivity (Wildman–Crippen MR) is 105 cm³/mol. The van der Waals surface area contributed by atoms with Gasteiger partial charge in [-0.15, -0.1) is 0 Å². The smallest absolute Gasteiger partial charge is 0.274 e. The third kappa shape index (κ3) is 2.62. The normalized spacial score (nSPS) is 23.7. The minimum atomic E-state index is -0.210. The van der Waals surface area contributed by atoms with E-state index in [1.807, 2.05) is 4.90 Å². The Morgan fingerprint density at radius 1 is 1.28 bits per heavy atom. The van der Waals surface area contributed by atoms with Crippen molar-refractivity contribution in [2.75, 3.05) is 13.1 Å². The number of carbonyl (C=O) groups excluding carboxylic acids is 1. The van der Waals surface area contributed by atoms with E-state index in [0.29, 0.717) is 30.3 Å². The van der Waals surface area contributed by atoms with Gasteiger partial charge in [-0.05, 0) is 44.6 Å². The maximum absolute atomic E-state index is 13.2. The van der Waals surface area contributed by atoms with E-state index in [-0.39, 0.29) is 16.9 Å². The molecule has 29 heavy (non-hydrogen) atoms. The number of amides is 1. The lowest BCUT2D eigenvalue weighted by Crippen LogP contribution is -2.48. The van der Waals surface area contributed by atoms with E-state index in [2.05, 4.69) is 15.1 Å². The fourth-order valence-corrected chi connectivity index (χ4v) is 5.02. The molecule has 1 atom stereocenters. The van der Waals surface area contributed by atoms with Crippen LogP contribution in [0.5, 0.6) is 0 Å². The second-order valence-corrected chi connectivity index (χ2v) is 8.62. The number of nitrogens with one attached hydrogen (secondary N) is 1. The molecule has 1 aliphatic heterocycles. The van der Waals surface area contributed by atoms with Crippen LogP contribution in [0, 0.1) is 0 Å². The van der Waals surface area contributed by atoms with Gasteiger partial charge in [-0.1, -0.05) is 0 Å². The minimum absolute atomic E-state index is 0.0173. The molecule has 4 heterocycles. The molecule has 8 heteroatoms. The largest absolute Gasteiger partial charge is 0.336 e. The third-order valence-electron chi connectivity index (χ3n) is 6.67. The molecular weight excluding hydrogens is 368 g/mol. The molecule has 2 fully saturated rings. The zero-order chi connectivity index (χ0) is 19.6. The number of carbonyl (C=O) groups is 1. The lowest BCUT2D eigenvalue weighted by atomic mass is 9.77. The first-order chi connectivity index (χ1) is 14.1. The number of rotatable bonds is 2. The van der Waals surface area contributed by atoms with Gasteiger partial charge in [0.15, 0.2) is 11.3 Å². The number of nitrogens with zero attached hydrogens (tertiary/aromatic N) is 5. The van der Waals surface area contributed by atoms with Gasteiger partial charge in [0, 0.05) is 48.4 Å². The molecule has 2 aliphatic carbocycles. The van der Waals surface area contributed by atoms with Gasteiger partial charge in [-0.3, -0.25) is 9.59 Å². The standard InChI is InChI=1S/C21H22N6O2/c28-19-14-5-7-21(17(14)23-18(24-19)13-3-4-13)6-1-9-26(12-21)20(29)15-11-16-22-8-2-10-27(16)25-15/h2,8,10-11,13H,1,3-7,9,12H2,(H,23,24,28). The predicted octanol–water partition coefficient (Wildman–Crippen LogP) is 1.81. The van der Waals surface area contributed by atoms with E-state index in [1.165, 1.54) is 0 Å². The van der Waals surface area contributed by atoms with Crippen LogP contribution in [0.2, 0.25) is 0 Å². The van der Waals surface area contributed by atoms with Crippen molar-refractivity contribution in [3.63, 3.8) is 0 Å². The Labute approximate surface area is 167 Å². The van der Waals surface area contributed by atoms with Crippen molar-refractivity contribution in [1.82, 2.24) is 29.5 Å². The van der Waals surface area contributed by atoms with Crippen molar-refractivity contribution in [3.8, 4) is 0 Å². The first-order valence-corrected chi connectivity index (χ1v) is 10.4. The Morgan fingerprint density at radius 3 is 3.00 bits per heavy atom. The van der Waals surface area contributed by atoms with Crippen LogP contribution in [-0.2, 0) is 11.8 Å². The first kappa shape index (κ1) is 16.9. The van der Waals surface area contributed by atoms with Crippen LogP contribution >= 0.6 is 0 Å². The Hall–Kier alpha value is -3.03. The van der Waals surface area contributed by atoms with E-state index in [1.54, 1.807) is 29.0 Å². The van der Waals surface area contributed by atoms with Gasteiger partial charge in [0.05, 0.1) is 5.69 Å². The molecule has 1 N–H and O–H groups in total. The molecule has 1 saturated heterocycles. The highest BCUT2D eigenvalue weighted by Gasteiger charge is 2.46. The van der Waals surface area contributed by atoms with Gasteiger partial charge >= 0.3 is 0 Å². The summed E-state index contributed by atoms with van der Waals surface area (Å²) in [6.45, 7) is 1.30. The van der Waals surface area contributed by atoms with Crippen molar-refractivity contribution in [3.05, 3.63) is 57.7 Å². The average Bonchev–Trinajstić information content (AvgIpc) is 3.41. The summed E-state index contributed by atoms with van der Waals surface area (Å²) in [5, 5.41) is 4.40. The van der Waals surface area contributed by atoms with Crippen molar-refractivity contribution < 1.29 is 4.79 Å². The molecule has 1 saturated carbocycles. The lowest BCUT2D eigenvalue weighted by Gasteiger charge is -2.40. The Bertz CT molecular complexity index is 1160. The monoisotopic (exact) mass is 390 g/mol. The van der Waals surface area contributed by atoms with Crippen LogP contribution in [0.1, 0.15) is 65.6 Å². The van der Waals surface area contributed by atoms with Gasteiger partial charge in [-0.25, -0.2) is 14.5 Å². The Balaban J connectivity index is 1.34. The highest BCUT2D eigenvalue weighted by atomic mass is 16.2. The summed E-state index contributed by atoms with van der Waals surface area (Å²) in [6, 6.07) is 3.53. The van der Waals surface area contributed by atoms with E-state index < -0.39 is 0 Å². The lowest BCUT2D eigenvalue weighted by molar-refractivity contribution is 0.0627. The summed E-state index contributed by atoms with van der Waals surface area (Å²) in [4.78, 5) is 39.9. The van der Waals surface area contributed by atoms with Crippen LogP contribution in [0.25, 0.3) is 5.65 Å². The van der Waals surface area contributed by atoms with Crippen molar-refractivity contribution in [2.24, 2.45) is 0 Å². The number of piperidine rings is 1. The number of aromatic amines is 1. The number of aromatic nitrogens is 5. The Kier molecular flexibility index (Phi) is 3.48. The Morgan fingerprint density at radius 2 is 2.17 bits per heavy atom. The highest BCUT2D eigenvalue weighted by Crippen LogP contribution is 2.45. The van der Waals surface area contributed by atoms with Crippen LogP contribution in [-0.4, -0.2) is 48.5 Å². The maximum Gasteiger partial charge on any atom is 0.274 e. The molecule has 1 unspecified atom stereocenters. The molecular formula is C21H22N6O2. The number of hydrogen-bond donors (Lipinski definition) is 1. The second kappa shape index (κ2) is 5.98. The van der Waals surface area contributed by atoms with Crippen LogP contribution in [0.4, 0.5) is 0 Å². The molecule has 148 valence electrons. The van der Waals surface area contributed by atoms with Gasteiger partial charge in [0.2, 0.25) is 0 Å². The summed E-state index contributed by atoms with van der Waals surface area (Å²) in [7, 11) is 0. The molecule has 1 amide bonds. The molecule has 0 bridgehead atoms. The molecule has 6 rings (SSSR count). The van der Waals surface area contributed by atoms with Crippen molar-refractivity contribution in [2.45, 2.75) is 49.9 Å². The topological polar surface area (TPSA) is 96.2 Å². The summed E-state index contributed by atoms with van der Waals surface area (Å²) in [6.07, 6.45) is 9.17. The molecule has 3 aliphatic rings. The number of H-pyrrole nitrogens is 1. The SMILES string of the molecule is O=C(c1cc2ncccn2n1)N1CCCC2(CCc3c2nc(C2CC2)[nH]c3=O)C1. The minimum Gasteiger partial charge on any atom is -0.336 e. The number of fused-ring (bicyclic) bond motifs is 3. The van der Waals surface area contributed by atoms with Crippen molar-refractivity contribution in [1.29, 1.82) is 0 Å².